The molecule has 104 valence electrons. The molecule has 0 spiro atoms. The number of aryl methyl sites for hydroxylation is 2. The Balaban J connectivity index is 2.50. The molecule has 0 saturated heterocycles. The van der Waals surface area contributed by atoms with Gasteiger partial charge in [-0.1, -0.05) is 13.0 Å². The van der Waals surface area contributed by atoms with Gasteiger partial charge in [-0.3, -0.25) is 4.79 Å². The molecule has 0 bridgehead atoms. The largest absolute Gasteiger partial charge is 0.465 e. The first kappa shape index (κ1) is 15.0. The van der Waals surface area contributed by atoms with Crippen molar-refractivity contribution >= 4 is 17.7 Å². The topological polar surface area (TPSA) is 67.4 Å². The van der Waals surface area contributed by atoms with E-state index in [-0.39, 0.29) is 6.54 Å². The predicted octanol–water partition coefficient (Wildman–Crippen LogP) is 2.24. The van der Waals surface area contributed by atoms with Crippen molar-refractivity contribution in [3.05, 3.63) is 29.3 Å². The van der Waals surface area contributed by atoms with Crippen LogP contribution in [-0.2, 0) is 16.0 Å². The van der Waals surface area contributed by atoms with Gasteiger partial charge in [-0.2, -0.15) is 0 Å². The van der Waals surface area contributed by atoms with Crippen LogP contribution in [0.1, 0.15) is 25.0 Å². The summed E-state index contributed by atoms with van der Waals surface area (Å²) in [6.07, 6.45) is 0.909. The fourth-order valence-electron chi connectivity index (χ4n) is 1.67. The number of rotatable bonds is 5. The van der Waals surface area contributed by atoms with Gasteiger partial charge in [0.25, 0.3) is 0 Å². The lowest BCUT2D eigenvalue weighted by Gasteiger charge is -2.10. The summed E-state index contributed by atoms with van der Waals surface area (Å²) in [5.74, 6) is -0.448. The minimum atomic E-state index is -0.448. The van der Waals surface area contributed by atoms with Gasteiger partial charge in [-0.25, -0.2) is 4.79 Å². The number of esters is 1. The highest BCUT2D eigenvalue weighted by molar-refractivity contribution is 5.91. The van der Waals surface area contributed by atoms with Crippen molar-refractivity contribution in [1.29, 1.82) is 0 Å². The zero-order chi connectivity index (χ0) is 14.3. The first-order valence-electron chi connectivity index (χ1n) is 6.36. The second-order valence-corrected chi connectivity index (χ2v) is 4.11. The number of nitrogens with one attached hydrogen (secondary N) is 2. The van der Waals surface area contributed by atoms with Gasteiger partial charge in [-0.05, 0) is 43.5 Å². The van der Waals surface area contributed by atoms with Crippen LogP contribution in [0.4, 0.5) is 10.5 Å². The zero-order valence-corrected chi connectivity index (χ0v) is 11.6. The Morgan fingerprint density at radius 1 is 1.26 bits per heavy atom. The summed E-state index contributed by atoms with van der Waals surface area (Å²) in [6.45, 7) is 5.99. The van der Waals surface area contributed by atoms with Crippen LogP contribution in [0.5, 0.6) is 0 Å². The zero-order valence-electron chi connectivity index (χ0n) is 11.6. The molecule has 0 fully saturated rings. The molecule has 0 unspecified atom stereocenters. The van der Waals surface area contributed by atoms with Crippen molar-refractivity contribution in [2.24, 2.45) is 0 Å². The summed E-state index contributed by atoms with van der Waals surface area (Å²) in [4.78, 5) is 22.7. The molecule has 0 heterocycles. The van der Waals surface area contributed by atoms with Gasteiger partial charge in [0.1, 0.15) is 6.54 Å². The summed E-state index contributed by atoms with van der Waals surface area (Å²) in [6, 6.07) is 5.30. The Kier molecular flexibility index (Phi) is 5.85. The molecule has 0 atom stereocenters. The molecule has 1 rings (SSSR count). The van der Waals surface area contributed by atoms with Crippen LogP contribution in [0, 0.1) is 6.92 Å². The Hall–Kier alpha value is -2.04. The number of hydrogen-bond donors (Lipinski definition) is 2. The third-order valence-electron chi connectivity index (χ3n) is 2.69. The third-order valence-corrected chi connectivity index (χ3v) is 2.69. The van der Waals surface area contributed by atoms with E-state index in [1.54, 1.807) is 6.92 Å². The Labute approximate surface area is 113 Å². The van der Waals surface area contributed by atoms with E-state index in [1.165, 1.54) is 11.1 Å². The molecule has 2 amide bonds. The molecule has 0 aliphatic heterocycles. The van der Waals surface area contributed by atoms with E-state index in [2.05, 4.69) is 17.6 Å². The van der Waals surface area contributed by atoms with Crippen molar-refractivity contribution in [2.45, 2.75) is 27.2 Å². The van der Waals surface area contributed by atoms with Gasteiger partial charge in [0.05, 0.1) is 6.61 Å². The monoisotopic (exact) mass is 264 g/mol. The first-order chi connectivity index (χ1) is 9.06. The van der Waals surface area contributed by atoms with Crippen LogP contribution >= 0.6 is 0 Å². The average molecular weight is 264 g/mol. The quantitative estimate of drug-likeness (QED) is 0.801. The highest BCUT2D eigenvalue weighted by Crippen LogP contribution is 2.15. The van der Waals surface area contributed by atoms with Crippen LogP contribution in [0.15, 0.2) is 18.2 Å². The maximum Gasteiger partial charge on any atom is 0.325 e. The SMILES string of the molecule is CCOC(=O)CNC(=O)Nc1ccc(C)c(CC)c1. The Bertz CT molecular complexity index is 458. The molecule has 0 aromatic heterocycles. The van der Waals surface area contributed by atoms with Crippen molar-refractivity contribution < 1.29 is 14.3 Å². The van der Waals surface area contributed by atoms with E-state index in [1.807, 2.05) is 25.1 Å². The van der Waals surface area contributed by atoms with Crippen molar-refractivity contribution in [2.75, 3.05) is 18.5 Å². The van der Waals surface area contributed by atoms with E-state index < -0.39 is 12.0 Å². The highest BCUT2D eigenvalue weighted by Gasteiger charge is 2.06. The maximum absolute atomic E-state index is 11.6. The van der Waals surface area contributed by atoms with Crippen LogP contribution in [0.25, 0.3) is 0 Å². The number of hydrogen-bond acceptors (Lipinski definition) is 3. The molecule has 5 heteroatoms. The number of urea groups is 1. The summed E-state index contributed by atoms with van der Waals surface area (Å²) >= 11 is 0. The molecule has 19 heavy (non-hydrogen) atoms. The minimum Gasteiger partial charge on any atom is -0.465 e. The first-order valence-corrected chi connectivity index (χ1v) is 6.36. The second kappa shape index (κ2) is 7.41. The van der Waals surface area contributed by atoms with Crippen LogP contribution < -0.4 is 10.6 Å². The van der Waals surface area contributed by atoms with E-state index >= 15 is 0 Å². The summed E-state index contributed by atoms with van der Waals surface area (Å²) in [5.41, 5.74) is 3.09. The molecule has 0 aliphatic carbocycles. The van der Waals surface area contributed by atoms with Crippen molar-refractivity contribution in [3.63, 3.8) is 0 Å². The lowest BCUT2D eigenvalue weighted by atomic mass is 10.1. The molecule has 1 aromatic rings. The van der Waals surface area contributed by atoms with E-state index in [4.69, 9.17) is 4.74 Å². The summed E-state index contributed by atoms with van der Waals surface area (Å²) in [7, 11) is 0. The standard InChI is InChI=1S/C14H20N2O3/c1-4-11-8-12(7-6-10(11)3)16-14(18)15-9-13(17)19-5-2/h6-8H,4-5,9H2,1-3H3,(H2,15,16,18). The number of ether oxygens (including phenoxy) is 1. The van der Waals surface area contributed by atoms with Crippen LogP contribution in [0.2, 0.25) is 0 Å². The van der Waals surface area contributed by atoms with Gasteiger partial charge >= 0.3 is 12.0 Å². The maximum atomic E-state index is 11.6. The highest BCUT2D eigenvalue weighted by atomic mass is 16.5. The Morgan fingerprint density at radius 3 is 2.63 bits per heavy atom. The van der Waals surface area contributed by atoms with E-state index in [0.29, 0.717) is 12.3 Å². The molecular weight excluding hydrogens is 244 g/mol. The van der Waals surface area contributed by atoms with Gasteiger partial charge in [0, 0.05) is 5.69 Å². The minimum absolute atomic E-state index is 0.133. The van der Waals surface area contributed by atoms with E-state index in [0.717, 1.165) is 6.42 Å². The molecule has 0 radical (unpaired) electrons. The van der Waals surface area contributed by atoms with Crippen LogP contribution in [-0.4, -0.2) is 25.2 Å². The lowest BCUT2D eigenvalue weighted by molar-refractivity contribution is -0.141. The second-order valence-electron chi connectivity index (χ2n) is 4.11. The summed E-state index contributed by atoms with van der Waals surface area (Å²) in [5, 5.41) is 5.13. The molecule has 2 N–H and O–H groups in total. The number of anilines is 1. The molecular formula is C14H20N2O3. The van der Waals surface area contributed by atoms with Gasteiger partial charge in [-0.15, -0.1) is 0 Å². The normalized spacial score (nSPS) is 9.84. The van der Waals surface area contributed by atoms with Crippen molar-refractivity contribution in [3.8, 4) is 0 Å². The number of carbonyl (C=O) groups excluding carboxylic acids is 2. The van der Waals surface area contributed by atoms with Gasteiger partial charge in [0.2, 0.25) is 0 Å². The fraction of sp³-hybridized carbons (Fsp3) is 0.429. The number of benzene rings is 1. The number of carbonyl (C=O) groups is 2. The molecule has 0 aliphatic rings. The number of amides is 2. The van der Waals surface area contributed by atoms with Gasteiger partial charge in [0.15, 0.2) is 0 Å². The third kappa shape index (κ3) is 4.99. The smallest absolute Gasteiger partial charge is 0.325 e. The predicted molar refractivity (Wildman–Crippen MR) is 74.2 cm³/mol. The fourth-order valence-corrected chi connectivity index (χ4v) is 1.67. The lowest BCUT2D eigenvalue weighted by Crippen LogP contribution is -2.34. The molecule has 5 nitrogen and oxygen atoms in total. The summed E-state index contributed by atoms with van der Waals surface area (Å²) < 4.78 is 4.71. The van der Waals surface area contributed by atoms with Crippen LogP contribution in [0.3, 0.4) is 0 Å². The van der Waals surface area contributed by atoms with E-state index in [9.17, 15) is 9.59 Å². The molecule has 0 saturated carbocycles. The molecule has 1 aromatic carbocycles. The van der Waals surface area contributed by atoms with Crippen molar-refractivity contribution in [1.82, 2.24) is 5.32 Å². The average Bonchev–Trinajstić information content (AvgIpc) is 2.39. The Morgan fingerprint density at radius 2 is 2.00 bits per heavy atom. The van der Waals surface area contributed by atoms with Gasteiger partial charge < -0.3 is 15.4 Å².